The average molecular weight is 494 g/mol. The van der Waals surface area contributed by atoms with Gasteiger partial charge in [-0.3, -0.25) is 19.8 Å². The van der Waals surface area contributed by atoms with Gasteiger partial charge < -0.3 is 10.4 Å². The first-order valence-corrected chi connectivity index (χ1v) is 11.6. The summed E-state index contributed by atoms with van der Waals surface area (Å²) in [7, 11) is 0. The first-order chi connectivity index (χ1) is 15.7. The van der Waals surface area contributed by atoms with Gasteiger partial charge >= 0.3 is 0 Å². The topological polar surface area (TPSA) is 95.7 Å². The molecule has 0 radical (unpaired) electrons. The van der Waals surface area contributed by atoms with Crippen molar-refractivity contribution in [2.45, 2.75) is 49.4 Å². The average Bonchev–Trinajstić information content (AvgIpc) is 3.45. The van der Waals surface area contributed by atoms with Crippen molar-refractivity contribution in [1.82, 2.24) is 4.90 Å². The van der Waals surface area contributed by atoms with Crippen LogP contribution in [0.1, 0.15) is 36.8 Å². The first-order valence-electron chi connectivity index (χ1n) is 10.8. The van der Waals surface area contributed by atoms with Crippen LogP contribution in [-0.2, 0) is 10.3 Å². The van der Waals surface area contributed by atoms with Crippen molar-refractivity contribution in [3.63, 3.8) is 0 Å². The minimum Gasteiger partial charge on any atom is -0.392 e. The van der Waals surface area contributed by atoms with E-state index in [1.54, 1.807) is 23.1 Å². The Morgan fingerprint density at radius 1 is 1.33 bits per heavy atom. The van der Waals surface area contributed by atoms with E-state index in [2.05, 4.69) is 5.32 Å². The molecule has 10 heteroatoms. The van der Waals surface area contributed by atoms with E-state index in [9.17, 15) is 20.0 Å². The van der Waals surface area contributed by atoms with Gasteiger partial charge in [0.15, 0.2) is 0 Å². The second-order valence-electron chi connectivity index (χ2n) is 9.13. The molecule has 7 nitrogen and oxygen atoms in total. The number of carbonyl (C=O) groups excluding carboxylic acids is 1. The smallest absolute Gasteiger partial charge is 0.250 e. The number of nitrogens with one attached hydrogen (secondary N) is 1. The number of nitrogens with zero attached hydrogens (tertiary/aromatic N) is 2. The van der Waals surface area contributed by atoms with Crippen molar-refractivity contribution in [3.05, 3.63) is 73.5 Å². The van der Waals surface area contributed by atoms with E-state index in [0.717, 1.165) is 12.8 Å². The van der Waals surface area contributed by atoms with Gasteiger partial charge in [0, 0.05) is 33.3 Å². The number of nitro groups is 1. The van der Waals surface area contributed by atoms with Gasteiger partial charge in [-0.15, -0.1) is 0 Å². The highest BCUT2D eigenvalue weighted by atomic mass is 35.5. The molecule has 0 aromatic heterocycles. The van der Waals surface area contributed by atoms with Crippen molar-refractivity contribution in [1.29, 1.82) is 0 Å². The minimum absolute atomic E-state index is 0.0221. The second kappa shape index (κ2) is 7.91. The minimum atomic E-state index is -1.60. The lowest BCUT2D eigenvalue weighted by molar-refractivity contribution is -0.530. The first kappa shape index (κ1) is 22.5. The third-order valence-corrected chi connectivity index (χ3v) is 7.67. The summed E-state index contributed by atoms with van der Waals surface area (Å²) in [5.41, 5.74) is -0.718. The number of carbonyl (C=O) groups is 1. The lowest BCUT2D eigenvalue weighted by Crippen LogP contribution is -2.54. The van der Waals surface area contributed by atoms with Gasteiger partial charge in [-0.2, -0.15) is 0 Å². The van der Waals surface area contributed by atoms with E-state index in [-0.39, 0.29) is 16.5 Å². The highest BCUT2D eigenvalue weighted by molar-refractivity contribution is 6.31. The SMILES string of the molecule is C[C@H](O)C1[C@H]([N+](=O)[O-])[C@@H](c2cccc(Cl)c2F)[C@@]2(C(=O)Nc3cc(Cl)ccc32)N1CC1CC1. The molecule has 2 aromatic rings. The molecule has 1 saturated carbocycles. The Morgan fingerprint density at radius 2 is 2.06 bits per heavy atom. The largest absolute Gasteiger partial charge is 0.392 e. The second-order valence-corrected chi connectivity index (χ2v) is 9.98. The molecule has 174 valence electrons. The molecule has 0 bridgehead atoms. The normalized spacial score (nSPS) is 29.8. The van der Waals surface area contributed by atoms with Crippen molar-refractivity contribution >= 4 is 34.8 Å². The van der Waals surface area contributed by atoms with E-state index in [1.807, 2.05) is 0 Å². The van der Waals surface area contributed by atoms with Crippen molar-refractivity contribution in [2.75, 3.05) is 11.9 Å². The number of likely N-dealkylation sites (tertiary alicyclic amines) is 1. The maximum absolute atomic E-state index is 15.4. The van der Waals surface area contributed by atoms with Gasteiger partial charge in [-0.1, -0.05) is 41.4 Å². The number of rotatable bonds is 5. The van der Waals surface area contributed by atoms with Crippen LogP contribution in [-0.4, -0.2) is 45.6 Å². The fourth-order valence-electron chi connectivity index (χ4n) is 5.73. The quantitative estimate of drug-likeness (QED) is 0.480. The molecule has 33 heavy (non-hydrogen) atoms. The zero-order valence-electron chi connectivity index (χ0n) is 17.7. The van der Waals surface area contributed by atoms with Gasteiger partial charge in [0.05, 0.1) is 17.0 Å². The molecule has 1 unspecified atom stereocenters. The molecule has 1 amide bonds. The highest BCUT2D eigenvalue weighted by Crippen LogP contribution is 2.59. The predicted molar refractivity (Wildman–Crippen MR) is 122 cm³/mol. The van der Waals surface area contributed by atoms with Crippen LogP contribution >= 0.6 is 23.2 Å². The number of amides is 1. The highest BCUT2D eigenvalue weighted by Gasteiger charge is 2.72. The molecule has 2 N–H and O–H groups in total. The summed E-state index contributed by atoms with van der Waals surface area (Å²) in [6, 6.07) is 6.70. The van der Waals surface area contributed by atoms with Crippen LogP contribution in [0.3, 0.4) is 0 Å². The summed E-state index contributed by atoms with van der Waals surface area (Å²) >= 11 is 12.2. The van der Waals surface area contributed by atoms with Crippen LogP contribution in [0, 0.1) is 21.8 Å². The number of anilines is 1. The third kappa shape index (κ3) is 3.26. The predicted octanol–water partition coefficient (Wildman–Crippen LogP) is 4.18. The van der Waals surface area contributed by atoms with Crippen molar-refractivity contribution in [2.24, 2.45) is 5.92 Å². The molecule has 5 atom stereocenters. The van der Waals surface area contributed by atoms with E-state index in [0.29, 0.717) is 22.8 Å². The Kier molecular flexibility index (Phi) is 5.40. The fraction of sp³-hybridized carbons (Fsp3) is 0.435. The van der Waals surface area contributed by atoms with Crippen LogP contribution in [0.5, 0.6) is 0 Å². The Morgan fingerprint density at radius 3 is 2.70 bits per heavy atom. The molecule has 2 heterocycles. The van der Waals surface area contributed by atoms with Crippen LogP contribution in [0.15, 0.2) is 36.4 Å². The van der Waals surface area contributed by atoms with E-state index >= 15 is 4.39 Å². The van der Waals surface area contributed by atoms with Gasteiger partial charge in [0.25, 0.3) is 5.91 Å². The molecular formula is C23H22Cl2FN3O4. The molecule has 1 spiro atoms. The molecule has 2 aromatic carbocycles. The Labute approximate surface area is 199 Å². The van der Waals surface area contributed by atoms with E-state index in [1.165, 1.54) is 25.1 Å². The number of aliphatic hydroxyl groups is 1. The standard InChI is InChI=1S/C23H22Cl2FN3O4/c1-11(30)20-21(29(32)33)18(14-3-2-4-16(25)19(14)26)23(28(20)10-12-5-6-12)15-8-7-13(24)9-17(15)27-22(23)31/h2-4,7-9,11-12,18,20-21,30H,5-6,10H2,1H3,(H,27,31)/t11-,18+,20?,21+,23-/m0/s1. The zero-order valence-corrected chi connectivity index (χ0v) is 19.2. The van der Waals surface area contributed by atoms with Gasteiger partial charge in [-0.05, 0) is 43.9 Å². The molecule has 1 saturated heterocycles. The maximum Gasteiger partial charge on any atom is 0.250 e. The van der Waals surface area contributed by atoms with Crippen molar-refractivity contribution in [3.8, 4) is 0 Å². The number of benzene rings is 2. The molecule has 5 rings (SSSR count). The lowest BCUT2D eigenvalue weighted by atomic mass is 9.73. The van der Waals surface area contributed by atoms with Crippen LogP contribution < -0.4 is 5.32 Å². The monoisotopic (exact) mass is 493 g/mol. The Hall–Kier alpha value is -2.26. The van der Waals surface area contributed by atoms with E-state index in [4.69, 9.17) is 23.2 Å². The molecular weight excluding hydrogens is 472 g/mol. The maximum atomic E-state index is 15.4. The van der Waals surface area contributed by atoms with Crippen LogP contribution in [0.4, 0.5) is 10.1 Å². The van der Waals surface area contributed by atoms with Crippen molar-refractivity contribution < 1.29 is 19.2 Å². The summed E-state index contributed by atoms with van der Waals surface area (Å²) in [6.45, 7) is 1.84. The Balaban J connectivity index is 1.85. The lowest BCUT2D eigenvalue weighted by Gasteiger charge is -2.39. The number of halogens is 3. The number of hydrogen-bond donors (Lipinski definition) is 2. The summed E-state index contributed by atoms with van der Waals surface area (Å²) in [5, 5.41) is 26.3. The van der Waals surface area contributed by atoms with Gasteiger partial charge in [0.2, 0.25) is 6.04 Å². The molecule has 2 aliphatic heterocycles. The van der Waals surface area contributed by atoms with Gasteiger partial charge in [0.1, 0.15) is 17.4 Å². The number of aliphatic hydroxyl groups excluding tert-OH is 1. The summed E-state index contributed by atoms with van der Waals surface area (Å²) < 4.78 is 15.4. The summed E-state index contributed by atoms with van der Waals surface area (Å²) in [5.74, 6) is -2.29. The fourth-order valence-corrected chi connectivity index (χ4v) is 6.09. The molecule has 2 fully saturated rings. The van der Waals surface area contributed by atoms with Crippen LogP contribution in [0.2, 0.25) is 10.0 Å². The number of hydrogen-bond acceptors (Lipinski definition) is 5. The Bertz CT molecular complexity index is 1160. The molecule has 1 aliphatic carbocycles. The summed E-state index contributed by atoms with van der Waals surface area (Å²) in [4.78, 5) is 27.6. The summed E-state index contributed by atoms with van der Waals surface area (Å²) in [6.07, 6.45) is 0.702. The zero-order chi connectivity index (χ0) is 23.7. The van der Waals surface area contributed by atoms with Gasteiger partial charge in [-0.25, -0.2) is 4.39 Å². The van der Waals surface area contributed by atoms with Crippen LogP contribution in [0.25, 0.3) is 0 Å². The molecule has 3 aliphatic rings. The van der Waals surface area contributed by atoms with E-state index < -0.39 is 46.3 Å². The number of fused-ring (bicyclic) bond motifs is 2. The third-order valence-electron chi connectivity index (χ3n) is 7.15.